The Morgan fingerprint density at radius 2 is 1.82 bits per heavy atom. The number of halogens is 1. The SMILES string of the molecule is CC1(C(=O)O)Oc2ccc(Cl)cc2C(C)(c2ccccc2)O1. The van der Waals surface area contributed by atoms with Crippen molar-refractivity contribution >= 4 is 17.6 Å². The predicted octanol–water partition coefficient (Wildman–Crippen LogP) is 3.81. The van der Waals surface area contributed by atoms with Crippen LogP contribution in [0.4, 0.5) is 0 Å². The molecular weight excluding hydrogens is 304 g/mol. The zero-order chi connectivity index (χ0) is 16.0. The Morgan fingerprint density at radius 3 is 2.45 bits per heavy atom. The van der Waals surface area contributed by atoms with E-state index < -0.39 is 17.4 Å². The fraction of sp³-hybridized carbons (Fsp3) is 0.235. The minimum Gasteiger partial charge on any atom is -0.476 e. The van der Waals surface area contributed by atoms with Crippen molar-refractivity contribution in [1.29, 1.82) is 0 Å². The van der Waals surface area contributed by atoms with Gasteiger partial charge in [0, 0.05) is 17.5 Å². The van der Waals surface area contributed by atoms with Crippen LogP contribution >= 0.6 is 11.6 Å². The van der Waals surface area contributed by atoms with Crippen LogP contribution in [0, 0.1) is 0 Å². The summed E-state index contributed by atoms with van der Waals surface area (Å²) in [7, 11) is 0. The van der Waals surface area contributed by atoms with Gasteiger partial charge in [-0.05, 0) is 30.7 Å². The molecule has 114 valence electrons. The van der Waals surface area contributed by atoms with Gasteiger partial charge in [-0.2, -0.15) is 0 Å². The van der Waals surface area contributed by atoms with E-state index in [0.717, 1.165) is 5.56 Å². The van der Waals surface area contributed by atoms with Gasteiger partial charge in [0.05, 0.1) is 0 Å². The quantitative estimate of drug-likeness (QED) is 0.914. The molecule has 0 aliphatic carbocycles. The third-order valence-electron chi connectivity index (χ3n) is 3.87. The fourth-order valence-electron chi connectivity index (χ4n) is 2.70. The van der Waals surface area contributed by atoms with E-state index in [2.05, 4.69) is 0 Å². The molecule has 0 radical (unpaired) electrons. The van der Waals surface area contributed by atoms with Crippen molar-refractivity contribution in [1.82, 2.24) is 0 Å². The number of rotatable bonds is 2. The van der Waals surface area contributed by atoms with Gasteiger partial charge in [-0.15, -0.1) is 0 Å². The van der Waals surface area contributed by atoms with Gasteiger partial charge in [0.15, 0.2) is 0 Å². The second kappa shape index (κ2) is 5.00. The Labute approximate surface area is 133 Å². The average Bonchev–Trinajstić information content (AvgIpc) is 2.49. The summed E-state index contributed by atoms with van der Waals surface area (Å²) in [5.74, 6) is -2.51. The summed E-state index contributed by atoms with van der Waals surface area (Å²) >= 11 is 6.10. The van der Waals surface area contributed by atoms with Crippen molar-refractivity contribution in [2.24, 2.45) is 0 Å². The standard InChI is InChI=1S/C17H15ClO4/c1-16(11-6-4-3-5-7-11)13-10-12(18)8-9-14(13)21-17(2,22-16)15(19)20/h3-10H,1-2H3,(H,19,20). The number of fused-ring (bicyclic) bond motifs is 1. The Kier molecular flexibility index (Phi) is 3.38. The van der Waals surface area contributed by atoms with Crippen LogP contribution in [0.2, 0.25) is 5.02 Å². The van der Waals surface area contributed by atoms with Crippen molar-refractivity contribution in [3.63, 3.8) is 0 Å². The number of ether oxygens (including phenoxy) is 2. The molecule has 1 heterocycles. The van der Waals surface area contributed by atoms with Crippen LogP contribution in [0.15, 0.2) is 48.5 Å². The first-order valence-electron chi connectivity index (χ1n) is 6.83. The Morgan fingerprint density at radius 1 is 1.14 bits per heavy atom. The van der Waals surface area contributed by atoms with Gasteiger partial charge in [-0.25, -0.2) is 4.79 Å². The second-order valence-electron chi connectivity index (χ2n) is 5.49. The summed E-state index contributed by atoms with van der Waals surface area (Å²) in [6.45, 7) is 3.22. The van der Waals surface area contributed by atoms with Crippen molar-refractivity contribution in [2.45, 2.75) is 25.2 Å². The Hall–Kier alpha value is -2.04. The number of benzene rings is 2. The zero-order valence-electron chi connectivity index (χ0n) is 12.2. The molecule has 2 aromatic carbocycles. The molecule has 2 atom stereocenters. The first-order valence-corrected chi connectivity index (χ1v) is 7.21. The second-order valence-corrected chi connectivity index (χ2v) is 5.93. The van der Waals surface area contributed by atoms with Crippen molar-refractivity contribution < 1.29 is 19.4 Å². The molecule has 3 rings (SSSR count). The van der Waals surface area contributed by atoms with E-state index in [1.54, 1.807) is 18.2 Å². The van der Waals surface area contributed by atoms with Gasteiger partial charge in [0.1, 0.15) is 11.4 Å². The fourth-order valence-corrected chi connectivity index (χ4v) is 2.87. The lowest BCUT2D eigenvalue weighted by molar-refractivity contribution is -0.249. The predicted molar refractivity (Wildman–Crippen MR) is 82.1 cm³/mol. The summed E-state index contributed by atoms with van der Waals surface area (Å²) in [5.41, 5.74) is 0.548. The molecule has 0 bridgehead atoms. The molecule has 1 aliphatic rings. The maximum Gasteiger partial charge on any atom is 0.377 e. The topological polar surface area (TPSA) is 55.8 Å². The summed E-state index contributed by atoms with van der Waals surface area (Å²) < 4.78 is 11.5. The van der Waals surface area contributed by atoms with E-state index in [0.29, 0.717) is 16.3 Å². The van der Waals surface area contributed by atoms with Crippen LogP contribution in [0.5, 0.6) is 5.75 Å². The minimum absolute atomic E-state index is 0.451. The van der Waals surface area contributed by atoms with Crippen LogP contribution in [0.3, 0.4) is 0 Å². The number of hydrogen-bond acceptors (Lipinski definition) is 3. The molecule has 5 heteroatoms. The van der Waals surface area contributed by atoms with Crippen molar-refractivity contribution in [3.8, 4) is 5.75 Å². The Bertz CT molecular complexity index is 731. The van der Waals surface area contributed by atoms with Crippen LogP contribution < -0.4 is 4.74 Å². The molecule has 22 heavy (non-hydrogen) atoms. The highest BCUT2D eigenvalue weighted by atomic mass is 35.5. The Balaban J connectivity index is 2.24. The van der Waals surface area contributed by atoms with E-state index in [9.17, 15) is 9.90 Å². The number of hydrogen-bond donors (Lipinski definition) is 1. The highest BCUT2D eigenvalue weighted by molar-refractivity contribution is 6.30. The lowest BCUT2D eigenvalue weighted by Gasteiger charge is -2.44. The van der Waals surface area contributed by atoms with Gasteiger partial charge in [0.2, 0.25) is 0 Å². The highest BCUT2D eigenvalue weighted by Crippen LogP contribution is 2.47. The van der Waals surface area contributed by atoms with Gasteiger partial charge in [-0.1, -0.05) is 41.9 Å². The lowest BCUT2D eigenvalue weighted by atomic mass is 9.86. The third kappa shape index (κ3) is 2.25. The van der Waals surface area contributed by atoms with E-state index in [1.165, 1.54) is 6.92 Å². The van der Waals surface area contributed by atoms with E-state index in [4.69, 9.17) is 21.1 Å². The van der Waals surface area contributed by atoms with E-state index in [1.807, 2.05) is 37.3 Å². The first kappa shape index (κ1) is 14.9. The molecule has 2 aromatic rings. The van der Waals surface area contributed by atoms with E-state index in [-0.39, 0.29) is 0 Å². The molecule has 2 unspecified atom stereocenters. The van der Waals surface area contributed by atoms with Gasteiger partial charge >= 0.3 is 11.8 Å². The minimum atomic E-state index is -1.77. The highest BCUT2D eigenvalue weighted by Gasteiger charge is 2.51. The van der Waals surface area contributed by atoms with Crippen LogP contribution in [-0.2, 0) is 15.1 Å². The number of aliphatic carboxylic acids is 1. The molecule has 1 aliphatic heterocycles. The van der Waals surface area contributed by atoms with Crippen LogP contribution in [0.25, 0.3) is 0 Å². The smallest absolute Gasteiger partial charge is 0.377 e. The van der Waals surface area contributed by atoms with Gasteiger partial charge in [0.25, 0.3) is 0 Å². The molecule has 0 saturated heterocycles. The summed E-state index contributed by atoms with van der Waals surface area (Å²) in [4.78, 5) is 11.6. The molecular formula is C17H15ClO4. The van der Waals surface area contributed by atoms with Gasteiger partial charge < -0.3 is 14.6 Å². The maximum absolute atomic E-state index is 11.6. The van der Waals surface area contributed by atoms with E-state index >= 15 is 0 Å². The number of carboxylic acid groups (broad SMARTS) is 1. The average molecular weight is 319 g/mol. The molecule has 0 saturated carbocycles. The molecule has 4 nitrogen and oxygen atoms in total. The number of carboxylic acids is 1. The molecule has 0 fully saturated rings. The normalized spacial score (nSPS) is 26.9. The monoisotopic (exact) mass is 318 g/mol. The molecule has 0 spiro atoms. The van der Waals surface area contributed by atoms with Gasteiger partial charge in [-0.3, -0.25) is 0 Å². The van der Waals surface area contributed by atoms with Crippen molar-refractivity contribution in [3.05, 3.63) is 64.7 Å². The summed E-state index contributed by atoms with van der Waals surface area (Å²) in [6.07, 6.45) is 0. The largest absolute Gasteiger partial charge is 0.476 e. The zero-order valence-corrected chi connectivity index (χ0v) is 12.9. The maximum atomic E-state index is 11.6. The van der Waals surface area contributed by atoms with Crippen LogP contribution in [0.1, 0.15) is 25.0 Å². The first-order chi connectivity index (χ1) is 10.3. The molecule has 1 N–H and O–H groups in total. The molecule has 0 aromatic heterocycles. The van der Waals surface area contributed by atoms with Crippen molar-refractivity contribution in [2.75, 3.05) is 0 Å². The lowest BCUT2D eigenvalue weighted by Crippen LogP contribution is -2.53. The number of carbonyl (C=O) groups is 1. The third-order valence-corrected chi connectivity index (χ3v) is 4.11. The molecule has 0 amide bonds. The summed E-state index contributed by atoms with van der Waals surface area (Å²) in [5, 5.41) is 10.0. The summed E-state index contributed by atoms with van der Waals surface area (Å²) in [6, 6.07) is 14.5. The van der Waals surface area contributed by atoms with Crippen LogP contribution in [-0.4, -0.2) is 16.9 Å².